The third-order valence-electron chi connectivity index (χ3n) is 5.83. The summed E-state index contributed by atoms with van der Waals surface area (Å²) in [5.41, 5.74) is 4.85. The summed E-state index contributed by atoms with van der Waals surface area (Å²) in [4.78, 5) is 15.9. The van der Waals surface area contributed by atoms with Crippen LogP contribution < -0.4 is 14.8 Å². The molecular formula is C30H28ClN3O3. The van der Waals surface area contributed by atoms with Gasteiger partial charge in [0.2, 0.25) is 0 Å². The maximum absolute atomic E-state index is 12.7. The van der Waals surface area contributed by atoms with Crippen molar-refractivity contribution in [1.29, 1.82) is 5.26 Å². The second kappa shape index (κ2) is 12.2. The molecule has 0 spiro atoms. The smallest absolute Gasteiger partial charge is 0.261 e. The Bertz CT molecular complexity index is 1480. The molecule has 0 unspecified atom stereocenters. The van der Waals surface area contributed by atoms with Gasteiger partial charge in [-0.05, 0) is 61.2 Å². The van der Waals surface area contributed by atoms with Crippen molar-refractivity contribution >= 4 is 34.5 Å². The number of nitriles is 1. The number of H-pyrrole nitrogens is 1. The van der Waals surface area contributed by atoms with Gasteiger partial charge in [-0.2, -0.15) is 5.26 Å². The van der Waals surface area contributed by atoms with E-state index < -0.39 is 5.91 Å². The minimum absolute atomic E-state index is 0.0223. The Morgan fingerprint density at radius 3 is 2.76 bits per heavy atom. The van der Waals surface area contributed by atoms with Gasteiger partial charge in [-0.25, -0.2) is 0 Å². The van der Waals surface area contributed by atoms with Crippen LogP contribution >= 0.6 is 11.6 Å². The van der Waals surface area contributed by atoms with E-state index >= 15 is 0 Å². The summed E-state index contributed by atoms with van der Waals surface area (Å²) in [5.74, 6) is 0.422. The molecule has 0 aliphatic carbocycles. The van der Waals surface area contributed by atoms with Crippen LogP contribution in [-0.2, 0) is 17.8 Å². The van der Waals surface area contributed by atoms with Crippen LogP contribution in [0.4, 0.5) is 0 Å². The summed E-state index contributed by atoms with van der Waals surface area (Å²) >= 11 is 6.54. The number of ether oxygens (including phenoxy) is 2. The molecule has 0 saturated heterocycles. The number of fused-ring (bicyclic) bond motifs is 1. The fraction of sp³-hybridized carbons (Fsp3) is 0.200. The lowest BCUT2D eigenvalue weighted by Gasteiger charge is -2.15. The van der Waals surface area contributed by atoms with Crippen LogP contribution in [0.2, 0.25) is 5.02 Å². The van der Waals surface area contributed by atoms with E-state index in [2.05, 4.69) is 10.3 Å². The normalized spacial score (nSPS) is 11.2. The first-order valence-corrected chi connectivity index (χ1v) is 12.5. The molecular weight excluding hydrogens is 486 g/mol. The van der Waals surface area contributed by atoms with Crippen LogP contribution in [0.3, 0.4) is 0 Å². The van der Waals surface area contributed by atoms with E-state index in [-0.39, 0.29) is 5.57 Å². The van der Waals surface area contributed by atoms with E-state index in [9.17, 15) is 10.1 Å². The third kappa shape index (κ3) is 6.52. The largest absolute Gasteiger partial charge is 0.490 e. The van der Waals surface area contributed by atoms with Gasteiger partial charge in [0, 0.05) is 23.6 Å². The van der Waals surface area contributed by atoms with Crippen LogP contribution in [0.5, 0.6) is 11.5 Å². The number of amides is 1. The number of aryl methyl sites for hydroxylation is 1. The minimum Gasteiger partial charge on any atom is -0.490 e. The Morgan fingerprint density at radius 2 is 1.97 bits per heavy atom. The molecule has 0 saturated carbocycles. The number of aromatic nitrogens is 1. The highest BCUT2D eigenvalue weighted by Crippen LogP contribution is 2.38. The fourth-order valence-electron chi connectivity index (χ4n) is 4.09. The molecule has 0 aliphatic heterocycles. The van der Waals surface area contributed by atoms with Crippen LogP contribution in [0.15, 0.2) is 72.4 Å². The molecule has 7 heteroatoms. The zero-order chi connectivity index (χ0) is 26.2. The van der Waals surface area contributed by atoms with Crippen molar-refractivity contribution in [3.05, 3.63) is 99.7 Å². The summed E-state index contributed by atoms with van der Waals surface area (Å²) in [6, 6.07) is 21.4. The zero-order valence-corrected chi connectivity index (χ0v) is 21.6. The topological polar surface area (TPSA) is 87.1 Å². The maximum atomic E-state index is 12.7. The average Bonchev–Trinajstić information content (AvgIpc) is 3.30. The highest BCUT2D eigenvalue weighted by atomic mass is 35.5. The van der Waals surface area contributed by atoms with Crippen molar-refractivity contribution in [1.82, 2.24) is 10.3 Å². The van der Waals surface area contributed by atoms with Gasteiger partial charge in [0.05, 0.1) is 11.6 Å². The first kappa shape index (κ1) is 25.9. The molecule has 2 N–H and O–H groups in total. The van der Waals surface area contributed by atoms with E-state index in [1.54, 1.807) is 12.1 Å². The van der Waals surface area contributed by atoms with E-state index in [4.69, 9.17) is 21.1 Å². The van der Waals surface area contributed by atoms with Gasteiger partial charge in [0.1, 0.15) is 18.2 Å². The Hall–Kier alpha value is -4.21. The van der Waals surface area contributed by atoms with Gasteiger partial charge in [-0.3, -0.25) is 4.79 Å². The molecule has 0 aliphatic rings. The molecule has 0 radical (unpaired) electrons. The molecule has 1 amide bonds. The van der Waals surface area contributed by atoms with Crippen molar-refractivity contribution in [3.8, 4) is 17.6 Å². The molecule has 1 aromatic heterocycles. The van der Waals surface area contributed by atoms with Gasteiger partial charge in [-0.15, -0.1) is 0 Å². The summed E-state index contributed by atoms with van der Waals surface area (Å²) in [6.07, 6.45) is 4.08. The second-order valence-electron chi connectivity index (χ2n) is 8.58. The van der Waals surface area contributed by atoms with Gasteiger partial charge >= 0.3 is 0 Å². The fourth-order valence-corrected chi connectivity index (χ4v) is 4.37. The number of carbonyl (C=O) groups excluding carboxylic acids is 1. The number of benzene rings is 3. The van der Waals surface area contributed by atoms with Crippen LogP contribution in [0.25, 0.3) is 17.0 Å². The minimum atomic E-state index is -0.448. The summed E-state index contributed by atoms with van der Waals surface area (Å²) in [5, 5.41) is 13.9. The lowest BCUT2D eigenvalue weighted by Crippen LogP contribution is -2.26. The van der Waals surface area contributed by atoms with Crippen LogP contribution in [0, 0.1) is 18.3 Å². The molecule has 37 heavy (non-hydrogen) atoms. The number of halogens is 1. The number of nitrogens with one attached hydrogen (secondary N) is 2. The lowest BCUT2D eigenvalue weighted by atomic mass is 10.1. The van der Waals surface area contributed by atoms with E-state index in [1.165, 1.54) is 6.08 Å². The molecule has 4 rings (SSSR count). The molecule has 6 nitrogen and oxygen atoms in total. The van der Waals surface area contributed by atoms with Gasteiger partial charge in [-0.1, -0.05) is 59.6 Å². The number of rotatable bonds is 10. The average molecular weight is 514 g/mol. The predicted molar refractivity (Wildman–Crippen MR) is 147 cm³/mol. The second-order valence-corrected chi connectivity index (χ2v) is 8.98. The van der Waals surface area contributed by atoms with Crippen molar-refractivity contribution in [3.63, 3.8) is 0 Å². The Balaban J connectivity index is 1.46. The molecule has 188 valence electrons. The molecule has 1 heterocycles. The summed E-state index contributed by atoms with van der Waals surface area (Å²) in [6.45, 7) is 5.02. The van der Waals surface area contributed by atoms with Gasteiger partial charge < -0.3 is 19.8 Å². The van der Waals surface area contributed by atoms with Gasteiger partial charge in [0.15, 0.2) is 11.5 Å². The number of hydrogen-bond acceptors (Lipinski definition) is 4. The quantitative estimate of drug-likeness (QED) is 0.190. The molecule has 0 fully saturated rings. The number of para-hydroxylation sites is 1. The Morgan fingerprint density at radius 1 is 1.14 bits per heavy atom. The molecule has 4 aromatic rings. The summed E-state index contributed by atoms with van der Waals surface area (Å²) in [7, 11) is 0. The number of carbonyl (C=O) groups is 1. The van der Waals surface area contributed by atoms with Crippen molar-refractivity contribution in [2.75, 3.05) is 13.2 Å². The molecule has 0 bridgehead atoms. The highest BCUT2D eigenvalue weighted by Gasteiger charge is 2.15. The predicted octanol–water partition coefficient (Wildman–Crippen LogP) is 6.37. The maximum Gasteiger partial charge on any atom is 0.261 e. The van der Waals surface area contributed by atoms with Crippen LogP contribution in [-0.4, -0.2) is 24.0 Å². The third-order valence-corrected chi connectivity index (χ3v) is 6.11. The molecule has 0 atom stereocenters. The lowest BCUT2D eigenvalue weighted by molar-refractivity contribution is -0.117. The summed E-state index contributed by atoms with van der Waals surface area (Å²) < 4.78 is 11.8. The Kier molecular flexibility index (Phi) is 8.50. The number of nitrogens with zero attached hydrogens (tertiary/aromatic N) is 1. The zero-order valence-electron chi connectivity index (χ0n) is 20.8. The van der Waals surface area contributed by atoms with Crippen molar-refractivity contribution in [2.45, 2.75) is 26.9 Å². The van der Waals surface area contributed by atoms with Gasteiger partial charge in [0.25, 0.3) is 5.91 Å². The monoisotopic (exact) mass is 513 g/mol. The Labute approximate surface area is 221 Å². The van der Waals surface area contributed by atoms with Crippen molar-refractivity contribution in [2.24, 2.45) is 0 Å². The van der Waals surface area contributed by atoms with Crippen molar-refractivity contribution < 1.29 is 14.3 Å². The number of hydrogen-bond donors (Lipinski definition) is 2. The molecule has 3 aromatic carbocycles. The van der Waals surface area contributed by atoms with Crippen LogP contribution in [0.1, 0.15) is 29.2 Å². The highest BCUT2D eigenvalue weighted by molar-refractivity contribution is 6.32. The standard InChI is InChI=1S/C30H28ClN3O3/c1-3-36-28-16-22(15-26(31)29(28)37-19-21-8-6-7-20(2)13-21)14-24(17-32)30(35)33-12-11-23-18-34-27-10-5-4-9-25(23)27/h4-10,13-16,18,34H,3,11-12,19H2,1-2H3,(H,33,35)/b24-14-. The van der Waals surface area contributed by atoms with E-state index in [1.807, 2.05) is 74.6 Å². The first-order chi connectivity index (χ1) is 18.0. The van der Waals surface area contributed by atoms with E-state index in [0.717, 1.165) is 27.6 Å². The van der Waals surface area contributed by atoms with E-state index in [0.29, 0.717) is 48.3 Å². The SMILES string of the molecule is CCOc1cc(/C=C(/C#N)C(=O)NCCc2c[nH]c3ccccc23)cc(Cl)c1OCc1cccc(C)c1. The number of aromatic amines is 1. The first-order valence-electron chi connectivity index (χ1n) is 12.1.